The van der Waals surface area contributed by atoms with Gasteiger partial charge in [-0.25, -0.2) is 4.98 Å². The van der Waals surface area contributed by atoms with Crippen LogP contribution in [0.5, 0.6) is 11.5 Å². The number of carbonyl (C=O) groups is 1. The number of imidazole rings is 1. The first-order valence-electron chi connectivity index (χ1n) is 8.31. The van der Waals surface area contributed by atoms with Gasteiger partial charge in [0.05, 0.1) is 12.8 Å². The van der Waals surface area contributed by atoms with Crippen molar-refractivity contribution in [1.82, 2.24) is 9.38 Å². The number of rotatable bonds is 6. The van der Waals surface area contributed by atoms with E-state index in [-0.39, 0.29) is 12.5 Å². The SMILES string of the molecule is COc1ccccc1OCC(=O)Nc1ccc(-c2cn3ccsc3n2)cc1. The lowest BCUT2D eigenvalue weighted by atomic mass is 10.1. The smallest absolute Gasteiger partial charge is 0.262 e. The largest absolute Gasteiger partial charge is 0.493 e. The van der Waals surface area contributed by atoms with Gasteiger partial charge in [-0.1, -0.05) is 24.3 Å². The Morgan fingerprint density at radius 3 is 2.67 bits per heavy atom. The molecule has 27 heavy (non-hydrogen) atoms. The average molecular weight is 379 g/mol. The zero-order valence-electron chi connectivity index (χ0n) is 14.6. The summed E-state index contributed by atoms with van der Waals surface area (Å²) in [5.41, 5.74) is 2.60. The van der Waals surface area contributed by atoms with Crippen molar-refractivity contribution >= 4 is 27.9 Å². The van der Waals surface area contributed by atoms with Crippen LogP contribution in [0.1, 0.15) is 0 Å². The molecule has 0 fully saturated rings. The van der Waals surface area contributed by atoms with E-state index in [1.165, 1.54) is 0 Å². The van der Waals surface area contributed by atoms with Crippen molar-refractivity contribution in [2.45, 2.75) is 0 Å². The highest BCUT2D eigenvalue weighted by atomic mass is 32.1. The first-order chi connectivity index (χ1) is 13.2. The molecular formula is C20H17N3O3S. The molecule has 1 N–H and O–H groups in total. The number of amides is 1. The number of nitrogens with zero attached hydrogens (tertiary/aromatic N) is 2. The number of nitrogens with one attached hydrogen (secondary N) is 1. The fraction of sp³-hybridized carbons (Fsp3) is 0.100. The van der Waals surface area contributed by atoms with E-state index < -0.39 is 0 Å². The van der Waals surface area contributed by atoms with Crippen molar-refractivity contribution in [2.75, 3.05) is 19.0 Å². The third-order valence-corrected chi connectivity index (χ3v) is 4.76. The highest BCUT2D eigenvalue weighted by Gasteiger charge is 2.09. The molecule has 0 spiro atoms. The van der Waals surface area contributed by atoms with E-state index in [9.17, 15) is 4.79 Å². The molecular weight excluding hydrogens is 362 g/mol. The maximum Gasteiger partial charge on any atom is 0.262 e. The van der Waals surface area contributed by atoms with E-state index in [4.69, 9.17) is 9.47 Å². The molecule has 4 rings (SSSR count). The number of para-hydroxylation sites is 2. The van der Waals surface area contributed by atoms with Gasteiger partial charge in [0.25, 0.3) is 5.91 Å². The van der Waals surface area contributed by atoms with Crippen molar-refractivity contribution in [2.24, 2.45) is 0 Å². The molecule has 0 radical (unpaired) electrons. The predicted octanol–water partition coefficient (Wildman–Crippen LogP) is 4.09. The fourth-order valence-corrected chi connectivity index (χ4v) is 3.37. The van der Waals surface area contributed by atoms with Crippen LogP contribution in [0.2, 0.25) is 0 Å². The molecule has 2 aromatic heterocycles. The van der Waals surface area contributed by atoms with Crippen molar-refractivity contribution in [1.29, 1.82) is 0 Å². The van der Waals surface area contributed by atoms with Gasteiger partial charge in [0.2, 0.25) is 0 Å². The molecule has 0 bridgehead atoms. The van der Waals surface area contributed by atoms with Gasteiger partial charge < -0.3 is 14.8 Å². The lowest BCUT2D eigenvalue weighted by Crippen LogP contribution is -2.20. The van der Waals surface area contributed by atoms with Crippen LogP contribution in [0.25, 0.3) is 16.2 Å². The van der Waals surface area contributed by atoms with Crippen LogP contribution in [0.15, 0.2) is 66.3 Å². The van der Waals surface area contributed by atoms with Gasteiger partial charge in [0.1, 0.15) is 0 Å². The lowest BCUT2D eigenvalue weighted by molar-refractivity contribution is -0.118. The number of aromatic nitrogens is 2. The average Bonchev–Trinajstić information content (AvgIpc) is 3.29. The number of ether oxygens (including phenoxy) is 2. The molecule has 0 aliphatic rings. The summed E-state index contributed by atoms with van der Waals surface area (Å²) < 4.78 is 12.7. The van der Waals surface area contributed by atoms with Gasteiger partial charge >= 0.3 is 0 Å². The van der Waals surface area contributed by atoms with Crippen LogP contribution >= 0.6 is 11.3 Å². The second-order valence-electron chi connectivity index (χ2n) is 5.78. The Labute approximate surface area is 160 Å². The van der Waals surface area contributed by atoms with E-state index in [2.05, 4.69) is 10.3 Å². The van der Waals surface area contributed by atoms with Crippen molar-refractivity contribution in [3.05, 3.63) is 66.3 Å². The summed E-state index contributed by atoms with van der Waals surface area (Å²) in [4.78, 5) is 17.7. The Hall–Kier alpha value is -3.32. The topological polar surface area (TPSA) is 64.9 Å². The number of thiazole rings is 1. The molecule has 7 heteroatoms. The normalized spacial score (nSPS) is 10.7. The van der Waals surface area contributed by atoms with E-state index in [0.29, 0.717) is 17.2 Å². The summed E-state index contributed by atoms with van der Waals surface area (Å²) in [5, 5.41) is 4.82. The van der Waals surface area contributed by atoms with Crippen molar-refractivity contribution in [3.63, 3.8) is 0 Å². The molecule has 4 aromatic rings. The highest BCUT2D eigenvalue weighted by Crippen LogP contribution is 2.26. The van der Waals surface area contributed by atoms with Gasteiger partial charge in [0.15, 0.2) is 23.1 Å². The van der Waals surface area contributed by atoms with E-state index in [1.54, 1.807) is 30.6 Å². The third-order valence-electron chi connectivity index (χ3n) is 3.99. The summed E-state index contributed by atoms with van der Waals surface area (Å²) in [6, 6.07) is 14.8. The molecule has 0 saturated carbocycles. The Kier molecular flexibility index (Phi) is 4.76. The molecule has 1 amide bonds. The van der Waals surface area contributed by atoms with Gasteiger partial charge in [-0.05, 0) is 24.3 Å². The second kappa shape index (κ2) is 7.51. The van der Waals surface area contributed by atoms with Crippen molar-refractivity contribution < 1.29 is 14.3 Å². The molecule has 6 nitrogen and oxygen atoms in total. The Bertz CT molecular complexity index is 1040. The minimum absolute atomic E-state index is 0.0978. The fourth-order valence-electron chi connectivity index (χ4n) is 2.67. The number of benzene rings is 2. The number of hydrogen-bond acceptors (Lipinski definition) is 5. The molecule has 136 valence electrons. The number of hydrogen-bond donors (Lipinski definition) is 1. The van der Waals surface area contributed by atoms with Gasteiger partial charge in [-0.15, -0.1) is 11.3 Å². The van der Waals surface area contributed by atoms with Crippen molar-refractivity contribution in [3.8, 4) is 22.8 Å². The number of fused-ring (bicyclic) bond motifs is 1. The number of methoxy groups -OCH3 is 1. The molecule has 0 aliphatic heterocycles. The van der Waals surface area contributed by atoms with Crippen LogP contribution < -0.4 is 14.8 Å². The summed E-state index contributed by atoms with van der Waals surface area (Å²) in [7, 11) is 1.56. The Morgan fingerprint density at radius 2 is 1.93 bits per heavy atom. The summed E-state index contributed by atoms with van der Waals surface area (Å²) >= 11 is 1.59. The maximum absolute atomic E-state index is 12.1. The second-order valence-corrected chi connectivity index (χ2v) is 6.66. The zero-order chi connectivity index (χ0) is 18.6. The maximum atomic E-state index is 12.1. The molecule has 0 atom stereocenters. The zero-order valence-corrected chi connectivity index (χ0v) is 15.4. The highest BCUT2D eigenvalue weighted by molar-refractivity contribution is 7.15. The monoisotopic (exact) mass is 379 g/mol. The molecule has 0 aliphatic carbocycles. The van der Waals surface area contributed by atoms with Crippen LogP contribution in [-0.4, -0.2) is 29.0 Å². The first-order valence-corrected chi connectivity index (χ1v) is 9.19. The molecule has 2 heterocycles. The quantitative estimate of drug-likeness (QED) is 0.548. The summed E-state index contributed by atoms with van der Waals surface area (Å²) in [6.07, 6.45) is 3.97. The first kappa shape index (κ1) is 17.1. The van der Waals surface area contributed by atoms with Crippen LogP contribution in [0.4, 0.5) is 5.69 Å². The molecule has 0 saturated heterocycles. The van der Waals surface area contributed by atoms with Gasteiger partial charge in [0, 0.05) is 29.0 Å². The standard InChI is InChI=1S/C20H17N3O3S/c1-25-17-4-2-3-5-18(17)26-13-19(24)21-15-8-6-14(7-9-15)16-12-23-10-11-27-20(23)22-16/h2-12H,13H2,1H3,(H,21,24). The van der Waals surface area contributed by atoms with E-state index in [0.717, 1.165) is 16.2 Å². The van der Waals surface area contributed by atoms with Gasteiger partial charge in [-0.2, -0.15) is 0 Å². The predicted molar refractivity (Wildman–Crippen MR) is 106 cm³/mol. The summed E-state index contributed by atoms with van der Waals surface area (Å²) in [5.74, 6) is 0.885. The minimum atomic E-state index is -0.240. The van der Waals surface area contributed by atoms with E-state index >= 15 is 0 Å². The third kappa shape index (κ3) is 3.78. The molecule has 2 aromatic carbocycles. The van der Waals surface area contributed by atoms with Gasteiger partial charge in [-0.3, -0.25) is 9.20 Å². The van der Waals surface area contributed by atoms with Crippen LogP contribution in [0.3, 0.4) is 0 Å². The number of carbonyl (C=O) groups excluding carboxylic acids is 1. The van der Waals surface area contributed by atoms with E-state index in [1.807, 2.05) is 58.6 Å². The number of anilines is 1. The Balaban J connectivity index is 1.37. The lowest BCUT2D eigenvalue weighted by Gasteiger charge is -2.10. The van der Waals surface area contributed by atoms with Crippen LogP contribution in [0, 0.1) is 0 Å². The minimum Gasteiger partial charge on any atom is -0.493 e. The van der Waals surface area contributed by atoms with Crippen LogP contribution in [-0.2, 0) is 4.79 Å². The Morgan fingerprint density at radius 1 is 1.15 bits per heavy atom. The summed E-state index contributed by atoms with van der Waals surface area (Å²) in [6.45, 7) is -0.0978. The molecule has 0 unspecified atom stereocenters.